The van der Waals surface area contributed by atoms with E-state index in [2.05, 4.69) is 44.2 Å². The van der Waals surface area contributed by atoms with Crippen molar-refractivity contribution in [2.24, 2.45) is 11.8 Å². The summed E-state index contributed by atoms with van der Waals surface area (Å²) in [5.74, 6) is 0.833. The third-order valence-electron chi connectivity index (χ3n) is 10.1. The maximum absolute atomic E-state index is 13.1. The van der Waals surface area contributed by atoms with Gasteiger partial charge in [-0.1, -0.05) is 89.5 Å². The molecular formula is C38H56N8O4S. The van der Waals surface area contributed by atoms with E-state index in [1.165, 1.54) is 32.1 Å². The monoisotopic (exact) mass is 720 g/mol. The molecule has 278 valence electrons. The number of fused-ring (bicyclic) bond motifs is 2. The van der Waals surface area contributed by atoms with E-state index in [9.17, 15) is 13.2 Å². The number of imidazole rings is 1. The van der Waals surface area contributed by atoms with Crippen LogP contribution < -0.4 is 20.3 Å². The zero-order valence-electron chi connectivity index (χ0n) is 30.9. The van der Waals surface area contributed by atoms with E-state index in [0.717, 1.165) is 60.9 Å². The number of rotatable bonds is 20. The highest BCUT2D eigenvalue weighted by atomic mass is 32.2. The lowest BCUT2D eigenvalue weighted by atomic mass is 9.92. The molecule has 0 radical (unpaired) electrons. The van der Waals surface area contributed by atoms with Gasteiger partial charge in [0.15, 0.2) is 17.0 Å². The first-order valence-electron chi connectivity index (χ1n) is 18.7. The molecule has 1 aliphatic rings. The first-order valence-corrected chi connectivity index (χ1v) is 20.2. The first kappa shape index (κ1) is 38.4. The molecule has 1 fully saturated rings. The van der Waals surface area contributed by atoms with Gasteiger partial charge in [-0.2, -0.15) is 0 Å². The summed E-state index contributed by atoms with van der Waals surface area (Å²) in [6.07, 6.45) is 13.7. The SMILES string of the molecule is CCNC(=O)[C@H]1O[C@@H](n2cnc3c(NCCCCCCCCCCCCNS(=O)(=O)c4cccc5c(N(C)C)cccc45)ncnc32)[C@H](C)[C@@H]1C. The fraction of sp³-hybridized carbons (Fsp3) is 0.579. The largest absolute Gasteiger partial charge is 0.377 e. The van der Waals surface area contributed by atoms with Crippen molar-refractivity contribution in [3.8, 4) is 0 Å². The van der Waals surface area contributed by atoms with Crippen molar-refractivity contribution in [3.63, 3.8) is 0 Å². The van der Waals surface area contributed by atoms with Gasteiger partial charge in [0.05, 0.1) is 11.2 Å². The van der Waals surface area contributed by atoms with Crippen LogP contribution in [0, 0.1) is 11.8 Å². The second-order valence-electron chi connectivity index (χ2n) is 14.0. The topological polar surface area (TPSA) is 143 Å². The van der Waals surface area contributed by atoms with Crippen molar-refractivity contribution in [1.29, 1.82) is 0 Å². The summed E-state index contributed by atoms with van der Waals surface area (Å²) in [4.78, 5) is 28.4. The van der Waals surface area contributed by atoms with Gasteiger partial charge in [0.1, 0.15) is 18.7 Å². The molecule has 3 heterocycles. The fourth-order valence-electron chi connectivity index (χ4n) is 7.04. The van der Waals surface area contributed by atoms with Gasteiger partial charge in [-0.3, -0.25) is 9.36 Å². The van der Waals surface area contributed by atoms with E-state index in [1.807, 2.05) is 60.8 Å². The lowest BCUT2D eigenvalue weighted by Crippen LogP contribution is -2.37. The third kappa shape index (κ3) is 9.36. The van der Waals surface area contributed by atoms with Crippen LogP contribution in [0.15, 0.2) is 53.9 Å². The fourth-order valence-corrected chi connectivity index (χ4v) is 8.33. The van der Waals surface area contributed by atoms with Crippen LogP contribution in [0.5, 0.6) is 0 Å². The van der Waals surface area contributed by atoms with E-state index >= 15 is 0 Å². The number of ether oxygens (including phenoxy) is 1. The Morgan fingerprint density at radius 1 is 0.843 bits per heavy atom. The van der Waals surface area contributed by atoms with Crippen molar-refractivity contribution in [2.75, 3.05) is 43.9 Å². The summed E-state index contributed by atoms with van der Waals surface area (Å²) in [5.41, 5.74) is 2.42. The molecule has 4 atom stereocenters. The van der Waals surface area contributed by atoms with Crippen molar-refractivity contribution < 1.29 is 17.9 Å². The van der Waals surface area contributed by atoms with Crippen LogP contribution in [0.25, 0.3) is 21.9 Å². The van der Waals surface area contributed by atoms with Gasteiger partial charge in [-0.15, -0.1) is 0 Å². The number of benzene rings is 2. The van der Waals surface area contributed by atoms with Crippen LogP contribution in [0.1, 0.15) is 91.2 Å². The summed E-state index contributed by atoms with van der Waals surface area (Å²) < 4.78 is 37.2. The summed E-state index contributed by atoms with van der Waals surface area (Å²) in [7, 11) is 0.349. The number of hydrogen-bond donors (Lipinski definition) is 3. The maximum Gasteiger partial charge on any atom is 0.249 e. The second-order valence-corrected chi connectivity index (χ2v) is 15.7. The smallest absolute Gasteiger partial charge is 0.249 e. The maximum atomic E-state index is 13.1. The van der Waals surface area contributed by atoms with E-state index < -0.39 is 16.1 Å². The van der Waals surface area contributed by atoms with Crippen molar-refractivity contribution >= 4 is 49.4 Å². The molecular weight excluding hydrogens is 665 g/mol. The number of unbranched alkanes of at least 4 members (excludes halogenated alkanes) is 9. The highest BCUT2D eigenvalue weighted by molar-refractivity contribution is 7.89. The molecule has 5 rings (SSSR count). The average Bonchev–Trinajstić information content (AvgIpc) is 3.68. The summed E-state index contributed by atoms with van der Waals surface area (Å²) in [5, 5.41) is 8.01. The summed E-state index contributed by atoms with van der Waals surface area (Å²) in [6.45, 7) is 7.91. The molecule has 0 saturated carbocycles. The molecule has 13 heteroatoms. The Labute approximate surface area is 303 Å². The van der Waals surface area contributed by atoms with Crippen LogP contribution in [0.4, 0.5) is 11.5 Å². The Bertz CT molecular complexity index is 1850. The highest BCUT2D eigenvalue weighted by Crippen LogP contribution is 2.40. The Hall–Kier alpha value is -3.81. The molecule has 51 heavy (non-hydrogen) atoms. The molecule has 1 saturated heterocycles. The van der Waals surface area contributed by atoms with Crippen molar-refractivity contribution in [3.05, 3.63) is 49.1 Å². The number of nitrogens with one attached hydrogen (secondary N) is 3. The molecule has 0 spiro atoms. The number of anilines is 2. The minimum atomic E-state index is -3.58. The molecule has 0 bridgehead atoms. The van der Waals surface area contributed by atoms with Crippen LogP contribution in [-0.2, 0) is 19.6 Å². The van der Waals surface area contributed by atoms with E-state index in [4.69, 9.17) is 4.74 Å². The van der Waals surface area contributed by atoms with Crippen molar-refractivity contribution in [1.82, 2.24) is 29.6 Å². The average molecular weight is 721 g/mol. The number of aromatic nitrogens is 4. The van der Waals surface area contributed by atoms with E-state index in [0.29, 0.717) is 29.1 Å². The Morgan fingerprint density at radius 2 is 1.49 bits per heavy atom. The van der Waals surface area contributed by atoms with Gasteiger partial charge in [0, 0.05) is 56.1 Å². The number of carbonyl (C=O) groups is 1. The summed E-state index contributed by atoms with van der Waals surface area (Å²) >= 11 is 0. The normalized spacial score (nSPS) is 19.2. The Kier molecular flexibility index (Phi) is 13.6. The number of likely N-dealkylation sites (N-methyl/N-ethyl adjacent to an activating group) is 1. The predicted molar refractivity (Wildman–Crippen MR) is 204 cm³/mol. The standard InChI is InChI=1S/C38H56N8O4S/c1-6-39-37(47)34-27(2)28(3)38(50-34)46-26-43-33-35(41-25-42-36(33)46)40-23-15-13-11-9-7-8-10-12-14-16-24-44-51(48,49)32-22-18-19-29-30(32)20-17-21-31(29)45(4)5/h17-22,25-28,34,38,44H,6-16,23-24H2,1-5H3,(H,39,47)(H,40,41,42)/t27-,28+,34-,38+/m0/s1. The molecule has 0 aliphatic carbocycles. The van der Waals surface area contributed by atoms with Crippen LogP contribution >= 0.6 is 0 Å². The van der Waals surface area contributed by atoms with Gasteiger partial charge >= 0.3 is 0 Å². The van der Waals surface area contributed by atoms with Gasteiger partial charge in [-0.05, 0) is 37.8 Å². The first-order chi connectivity index (χ1) is 24.6. The molecule has 4 aromatic rings. The lowest BCUT2D eigenvalue weighted by molar-refractivity contribution is -0.135. The van der Waals surface area contributed by atoms with Gasteiger partial charge in [0.2, 0.25) is 15.9 Å². The molecule has 12 nitrogen and oxygen atoms in total. The quantitative estimate of drug-likeness (QED) is 0.0856. The summed E-state index contributed by atoms with van der Waals surface area (Å²) in [6, 6.07) is 11.3. The zero-order valence-corrected chi connectivity index (χ0v) is 31.7. The Morgan fingerprint density at radius 3 is 2.18 bits per heavy atom. The van der Waals surface area contributed by atoms with Crippen LogP contribution in [0.3, 0.4) is 0 Å². The second kappa shape index (κ2) is 18.1. The zero-order chi connectivity index (χ0) is 36.4. The van der Waals surface area contributed by atoms with Gasteiger partial charge in [0.25, 0.3) is 0 Å². The van der Waals surface area contributed by atoms with Crippen LogP contribution in [0.2, 0.25) is 0 Å². The molecule has 3 N–H and O–H groups in total. The molecule has 2 aromatic carbocycles. The molecule has 1 aliphatic heterocycles. The van der Waals surface area contributed by atoms with E-state index in [-0.39, 0.29) is 24.0 Å². The molecule has 0 unspecified atom stereocenters. The number of hydrogen-bond acceptors (Lipinski definition) is 9. The Balaban J connectivity index is 0.935. The minimum absolute atomic E-state index is 0.0687. The van der Waals surface area contributed by atoms with Crippen LogP contribution in [-0.4, -0.2) is 73.7 Å². The number of sulfonamides is 1. The lowest BCUT2D eigenvalue weighted by Gasteiger charge is -2.17. The minimum Gasteiger partial charge on any atom is -0.377 e. The number of nitrogens with zero attached hydrogens (tertiary/aromatic N) is 5. The van der Waals surface area contributed by atoms with E-state index in [1.54, 1.807) is 18.7 Å². The predicted octanol–water partition coefficient (Wildman–Crippen LogP) is 6.64. The molecule has 2 aromatic heterocycles. The van der Waals surface area contributed by atoms with Gasteiger partial charge < -0.3 is 20.3 Å². The third-order valence-corrected chi connectivity index (χ3v) is 11.6. The number of amides is 1. The molecule has 1 amide bonds. The number of carbonyl (C=O) groups excluding carboxylic acids is 1. The van der Waals surface area contributed by atoms with Gasteiger partial charge in [-0.25, -0.2) is 28.1 Å². The highest BCUT2D eigenvalue weighted by Gasteiger charge is 2.44. The van der Waals surface area contributed by atoms with Crippen molar-refractivity contribution in [2.45, 2.75) is 102 Å².